The van der Waals surface area contributed by atoms with Crippen LogP contribution < -0.4 is 10.9 Å². The first-order valence-corrected chi connectivity index (χ1v) is 5.81. The van der Waals surface area contributed by atoms with Crippen LogP contribution in [0.1, 0.15) is 18.2 Å². The monoisotopic (exact) mass is 287 g/mol. The second-order valence-corrected chi connectivity index (χ2v) is 4.74. The molecule has 20 heavy (non-hydrogen) atoms. The number of pyridine rings is 1. The van der Waals surface area contributed by atoms with Crippen LogP contribution >= 0.6 is 0 Å². The van der Waals surface area contributed by atoms with Gasteiger partial charge in [0.05, 0.1) is 23.7 Å². The molecule has 0 aliphatic rings. The highest BCUT2D eigenvalue weighted by molar-refractivity contribution is 5.50. The van der Waals surface area contributed by atoms with Gasteiger partial charge in [-0.2, -0.15) is 0 Å². The van der Waals surface area contributed by atoms with Crippen molar-refractivity contribution in [3.63, 3.8) is 0 Å². The lowest BCUT2D eigenvalue weighted by Gasteiger charge is -2.26. The number of aliphatic hydroxyl groups is 2. The smallest absolute Gasteiger partial charge is 0.375 e. The number of hydrogen-bond donors (Lipinski definition) is 5. The third kappa shape index (κ3) is 3.13. The van der Waals surface area contributed by atoms with Crippen LogP contribution in [0.2, 0.25) is 0 Å². The topological polar surface area (TPSA) is 149 Å². The Morgan fingerprint density at radius 2 is 1.95 bits per heavy atom. The molecule has 0 saturated carbocycles. The predicted molar refractivity (Wildman–Crippen MR) is 69.5 cm³/mol. The van der Waals surface area contributed by atoms with Crippen LogP contribution in [-0.2, 0) is 6.54 Å². The number of aromatic hydroxyl groups is 1. The first kappa shape index (κ1) is 16.1. The zero-order valence-corrected chi connectivity index (χ0v) is 11.1. The van der Waals surface area contributed by atoms with Crippen molar-refractivity contribution >= 4 is 5.69 Å². The Labute approximate surface area is 114 Å². The minimum absolute atomic E-state index is 0.0626. The molecule has 1 aromatic heterocycles. The summed E-state index contributed by atoms with van der Waals surface area (Å²) in [6.45, 7) is 2.23. The Hall–Kier alpha value is -1.97. The lowest BCUT2D eigenvalue weighted by Crippen LogP contribution is -2.48. The predicted octanol–water partition coefficient (Wildman–Crippen LogP) is -0.870. The van der Waals surface area contributed by atoms with Gasteiger partial charge in [-0.25, -0.2) is 0 Å². The SMILES string of the molecule is Cc1[nH]c(=O)c([N+](=O)[O-])c(O)c1CNC(C)(CO)CO. The minimum Gasteiger partial charge on any atom is -0.502 e. The molecule has 0 fully saturated rings. The highest BCUT2D eigenvalue weighted by Gasteiger charge is 2.27. The summed E-state index contributed by atoms with van der Waals surface area (Å²) in [4.78, 5) is 23.5. The number of aromatic amines is 1. The first-order chi connectivity index (χ1) is 9.25. The largest absolute Gasteiger partial charge is 0.502 e. The Bertz CT molecular complexity index is 564. The van der Waals surface area contributed by atoms with E-state index in [1.165, 1.54) is 6.92 Å². The third-order valence-electron chi connectivity index (χ3n) is 3.05. The van der Waals surface area contributed by atoms with Gasteiger partial charge in [-0.1, -0.05) is 0 Å². The van der Waals surface area contributed by atoms with Gasteiger partial charge in [0.25, 0.3) is 0 Å². The summed E-state index contributed by atoms with van der Waals surface area (Å²) in [7, 11) is 0. The summed E-state index contributed by atoms with van der Waals surface area (Å²) in [5.74, 6) is -0.720. The summed E-state index contributed by atoms with van der Waals surface area (Å²) < 4.78 is 0. The van der Waals surface area contributed by atoms with Crippen LogP contribution in [-0.4, -0.2) is 44.0 Å². The Morgan fingerprint density at radius 1 is 1.40 bits per heavy atom. The van der Waals surface area contributed by atoms with Gasteiger partial charge in [0.2, 0.25) is 5.75 Å². The highest BCUT2D eigenvalue weighted by Crippen LogP contribution is 2.27. The number of aromatic nitrogens is 1. The van der Waals surface area contributed by atoms with Gasteiger partial charge in [0, 0.05) is 17.8 Å². The fourth-order valence-electron chi connectivity index (χ4n) is 1.58. The van der Waals surface area contributed by atoms with Crippen molar-refractivity contribution in [1.29, 1.82) is 0 Å². The fourth-order valence-corrected chi connectivity index (χ4v) is 1.58. The molecule has 0 spiro atoms. The molecular formula is C11H17N3O6. The van der Waals surface area contributed by atoms with Crippen LogP contribution in [0.15, 0.2) is 4.79 Å². The Balaban J connectivity index is 3.17. The molecule has 0 unspecified atom stereocenters. The van der Waals surface area contributed by atoms with Crippen molar-refractivity contribution in [2.45, 2.75) is 25.9 Å². The molecule has 9 nitrogen and oxygen atoms in total. The van der Waals surface area contributed by atoms with Gasteiger partial charge in [-0.15, -0.1) is 0 Å². The first-order valence-electron chi connectivity index (χ1n) is 5.81. The van der Waals surface area contributed by atoms with Crippen molar-refractivity contribution in [3.8, 4) is 5.75 Å². The number of nitrogens with one attached hydrogen (secondary N) is 2. The number of nitrogens with zero attached hydrogens (tertiary/aromatic N) is 1. The van der Waals surface area contributed by atoms with Crippen LogP contribution in [0, 0.1) is 17.0 Å². The van der Waals surface area contributed by atoms with Crippen LogP contribution in [0.5, 0.6) is 5.75 Å². The average Bonchev–Trinajstić information content (AvgIpc) is 2.37. The van der Waals surface area contributed by atoms with Gasteiger partial charge < -0.3 is 25.6 Å². The van der Waals surface area contributed by atoms with Crippen LogP contribution in [0.25, 0.3) is 0 Å². The molecular weight excluding hydrogens is 270 g/mol. The molecule has 0 aliphatic heterocycles. The molecule has 0 saturated heterocycles. The summed E-state index contributed by atoms with van der Waals surface area (Å²) in [6, 6.07) is 0. The molecule has 112 valence electrons. The lowest BCUT2D eigenvalue weighted by atomic mass is 10.0. The van der Waals surface area contributed by atoms with E-state index in [-0.39, 0.29) is 31.0 Å². The van der Waals surface area contributed by atoms with E-state index in [2.05, 4.69) is 10.3 Å². The zero-order chi connectivity index (χ0) is 15.5. The second-order valence-electron chi connectivity index (χ2n) is 4.74. The molecule has 0 aliphatic carbocycles. The minimum atomic E-state index is -1.01. The number of hydrogen-bond acceptors (Lipinski definition) is 7. The number of nitro groups is 1. The van der Waals surface area contributed by atoms with E-state index < -0.39 is 27.5 Å². The molecule has 0 radical (unpaired) electrons. The quantitative estimate of drug-likeness (QED) is 0.337. The van der Waals surface area contributed by atoms with Crippen LogP contribution in [0.3, 0.4) is 0 Å². The van der Waals surface area contributed by atoms with Gasteiger partial charge in [-0.05, 0) is 13.8 Å². The molecule has 0 aromatic carbocycles. The maximum Gasteiger partial charge on any atom is 0.375 e. The van der Waals surface area contributed by atoms with E-state index in [9.17, 15) is 20.0 Å². The summed E-state index contributed by atoms with van der Waals surface area (Å²) in [5.41, 5.74) is -2.53. The van der Waals surface area contributed by atoms with Gasteiger partial charge >= 0.3 is 11.2 Å². The van der Waals surface area contributed by atoms with E-state index in [0.717, 1.165) is 0 Å². The molecule has 5 N–H and O–H groups in total. The van der Waals surface area contributed by atoms with Gasteiger partial charge in [0.15, 0.2) is 0 Å². The normalized spacial score (nSPS) is 11.6. The molecule has 9 heteroatoms. The zero-order valence-electron chi connectivity index (χ0n) is 11.1. The second kappa shape index (κ2) is 5.99. The maximum atomic E-state index is 11.4. The van der Waals surface area contributed by atoms with Gasteiger partial charge in [-0.3, -0.25) is 14.9 Å². The van der Waals surface area contributed by atoms with Crippen molar-refractivity contribution in [1.82, 2.24) is 10.3 Å². The average molecular weight is 287 g/mol. The van der Waals surface area contributed by atoms with E-state index in [1.807, 2.05) is 0 Å². The van der Waals surface area contributed by atoms with E-state index in [0.29, 0.717) is 0 Å². The third-order valence-corrected chi connectivity index (χ3v) is 3.05. The number of aryl methyl sites for hydroxylation is 1. The van der Waals surface area contributed by atoms with Crippen molar-refractivity contribution in [2.24, 2.45) is 0 Å². The van der Waals surface area contributed by atoms with Crippen molar-refractivity contribution in [2.75, 3.05) is 13.2 Å². The molecule has 1 rings (SSSR count). The van der Waals surface area contributed by atoms with Crippen molar-refractivity contribution in [3.05, 3.63) is 31.7 Å². The number of H-pyrrole nitrogens is 1. The van der Waals surface area contributed by atoms with Gasteiger partial charge in [0.1, 0.15) is 0 Å². The Morgan fingerprint density at radius 3 is 2.40 bits per heavy atom. The lowest BCUT2D eigenvalue weighted by molar-refractivity contribution is -0.387. The standard InChI is InChI=1S/C11H17N3O6/c1-6-7(3-12-11(2,4-15)5-16)9(17)8(14(19)20)10(18)13-6/h12,15-16H,3-5H2,1-2H3,(H2,13,17,18). The summed E-state index contributed by atoms with van der Waals surface area (Å²) in [5, 5.41) is 41.6. The maximum absolute atomic E-state index is 11.4. The molecule has 1 aromatic rings. The summed E-state index contributed by atoms with van der Waals surface area (Å²) >= 11 is 0. The van der Waals surface area contributed by atoms with Crippen LogP contribution in [0.4, 0.5) is 5.69 Å². The van der Waals surface area contributed by atoms with E-state index >= 15 is 0 Å². The number of rotatable bonds is 6. The fraction of sp³-hybridized carbons (Fsp3) is 0.545. The Kier molecular flexibility index (Phi) is 4.82. The molecule has 0 atom stereocenters. The highest BCUT2D eigenvalue weighted by atomic mass is 16.6. The molecule has 0 bridgehead atoms. The molecule has 1 heterocycles. The van der Waals surface area contributed by atoms with E-state index in [1.54, 1.807) is 6.92 Å². The molecule has 0 amide bonds. The van der Waals surface area contributed by atoms with Crippen molar-refractivity contribution < 1.29 is 20.2 Å². The summed E-state index contributed by atoms with van der Waals surface area (Å²) in [6.07, 6.45) is 0. The van der Waals surface area contributed by atoms with E-state index in [4.69, 9.17) is 10.2 Å². The number of aliphatic hydroxyl groups excluding tert-OH is 2.